The molecule has 0 bridgehead atoms. The van der Waals surface area contributed by atoms with Gasteiger partial charge in [0.25, 0.3) is 5.91 Å². The fourth-order valence-electron chi connectivity index (χ4n) is 5.79. The summed E-state index contributed by atoms with van der Waals surface area (Å²) in [6.07, 6.45) is 5.28. The Balaban J connectivity index is 1.19. The zero-order valence-electron chi connectivity index (χ0n) is 20.0. The van der Waals surface area contributed by atoms with Crippen LogP contribution in [0, 0.1) is 17.7 Å². The number of hydrogen-bond donors (Lipinski definition) is 1. The van der Waals surface area contributed by atoms with Crippen LogP contribution in [0.5, 0.6) is 0 Å². The van der Waals surface area contributed by atoms with E-state index in [1.54, 1.807) is 18.3 Å². The first-order valence-corrected chi connectivity index (χ1v) is 13.3. The Hall–Kier alpha value is -2.25. The van der Waals surface area contributed by atoms with Gasteiger partial charge in [-0.2, -0.15) is 0 Å². The number of carbonyl (C=O) groups is 1. The molecule has 2 saturated heterocycles. The minimum atomic E-state index is -0.371. The molecule has 2 fully saturated rings. The molecule has 3 heterocycles. The number of amides is 1. The Morgan fingerprint density at radius 2 is 1.81 bits per heavy atom. The van der Waals surface area contributed by atoms with Gasteiger partial charge in [-0.15, -0.1) is 0 Å². The van der Waals surface area contributed by atoms with E-state index in [9.17, 15) is 14.3 Å². The average Bonchev–Trinajstić information content (AvgIpc) is 2.90. The van der Waals surface area contributed by atoms with Gasteiger partial charge in [-0.05, 0) is 86.0 Å². The molecule has 0 unspecified atom stereocenters. The molecule has 1 aromatic heterocycles. The number of likely N-dealkylation sites (tertiary alicyclic amines) is 2. The van der Waals surface area contributed by atoms with Crippen molar-refractivity contribution in [2.75, 3.05) is 32.8 Å². The number of benzene rings is 2. The van der Waals surface area contributed by atoms with Crippen LogP contribution in [0.25, 0.3) is 10.9 Å². The summed E-state index contributed by atoms with van der Waals surface area (Å²) in [6, 6.07) is 12.2. The predicted octanol–water partition coefficient (Wildman–Crippen LogP) is 5.46. The number of hydrogen-bond acceptors (Lipinski definition) is 4. The van der Waals surface area contributed by atoms with Crippen molar-refractivity contribution in [3.05, 3.63) is 75.7 Å². The molecule has 2 aromatic carbocycles. The molecular formula is C28H30Cl2FN3O2. The number of carbonyl (C=O) groups excluding carboxylic acids is 1. The van der Waals surface area contributed by atoms with E-state index in [2.05, 4.69) is 9.88 Å². The van der Waals surface area contributed by atoms with Gasteiger partial charge in [-0.3, -0.25) is 14.7 Å². The molecule has 1 amide bonds. The van der Waals surface area contributed by atoms with Crippen molar-refractivity contribution in [3.8, 4) is 0 Å². The second-order valence-corrected chi connectivity index (χ2v) is 10.8. The van der Waals surface area contributed by atoms with Gasteiger partial charge in [-0.1, -0.05) is 29.3 Å². The van der Waals surface area contributed by atoms with Crippen molar-refractivity contribution < 1.29 is 14.3 Å². The summed E-state index contributed by atoms with van der Waals surface area (Å²) < 4.78 is 13.8. The van der Waals surface area contributed by atoms with Crippen LogP contribution in [-0.2, 0) is 6.42 Å². The van der Waals surface area contributed by atoms with Crippen molar-refractivity contribution in [2.24, 2.45) is 11.8 Å². The number of halogens is 3. The van der Waals surface area contributed by atoms with Gasteiger partial charge in [0.1, 0.15) is 5.82 Å². The zero-order chi connectivity index (χ0) is 25.2. The molecule has 0 spiro atoms. The number of aliphatic hydroxyl groups is 1. The second kappa shape index (κ2) is 11.0. The van der Waals surface area contributed by atoms with Crippen LogP contribution in [0.15, 0.2) is 48.7 Å². The number of aromatic nitrogens is 1. The van der Waals surface area contributed by atoms with Crippen LogP contribution >= 0.6 is 23.2 Å². The average molecular weight is 530 g/mol. The normalized spacial score (nSPS) is 21.7. The number of pyridine rings is 1. The van der Waals surface area contributed by atoms with Gasteiger partial charge >= 0.3 is 0 Å². The van der Waals surface area contributed by atoms with E-state index in [0.717, 1.165) is 44.3 Å². The maximum Gasteiger partial charge on any atom is 0.254 e. The van der Waals surface area contributed by atoms with Crippen LogP contribution in [0.1, 0.15) is 35.2 Å². The smallest absolute Gasteiger partial charge is 0.254 e. The fraction of sp³-hybridized carbons (Fsp3) is 0.429. The van der Waals surface area contributed by atoms with Gasteiger partial charge in [0.2, 0.25) is 0 Å². The molecule has 0 saturated carbocycles. The number of piperidine rings is 2. The van der Waals surface area contributed by atoms with E-state index in [1.807, 2.05) is 23.1 Å². The monoisotopic (exact) mass is 529 g/mol. The third-order valence-corrected chi connectivity index (χ3v) is 8.58. The van der Waals surface area contributed by atoms with Crippen LogP contribution in [0.3, 0.4) is 0 Å². The molecule has 2 aliphatic rings. The summed E-state index contributed by atoms with van der Waals surface area (Å²) in [7, 11) is 0. The lowest BCUT2D eigenvalue weighted by atomic mass is 9.80. The third kappa shape index (κ3) is 5.37. The van der Waals surface area contributed by atoms with Crippen molar-refractivity contribution in [1.82, 2.24) is 14.8 Å². The largest absolute Gasteiger partial charge is 0.396 e. The van der Waals surface area contributed by atoms with Gasteiger partial charge in [0, 0.05) is 43.9 Å². The van der Waals surface area contributed by atoms with E-state index in [4.69, 9.17) is 23.2 Å². The third-order valence-electron chi connectivity index (χ3n) is 7.84. The van der Waals surface area contributed by atoms with E-state index in [1.165, 1.54) is 12.1 Å². The standard InChI is InChI=1S/C28H30Cl2FN3O2/c29-25-3-1-18(14-26(25)30)13-19-6-10-34(16-20(19)17-35)22-7-11-33(12-8-22)28(36)23-5-9-32-27-4-2-21(31)15-24(23)27/h1-5,9,14-15,19-20,22,35H,6-8,10-13,16-17H2/t19-,20+/m1/s1. The minimum Gasteiger partial charge on any atom is -0.396 e. The Morgan fingerprint density at radius 1 is 1.00 bits per heavy atom. The molecule has 0 aliphatic carbocycles. The molecule has 8 heteroatoms. The molecule has 5 rings (SSSR count). The Kier molecular flexibility index (Phi) is 7.77. The molecule has 5 nitrogen and oxygen atoms in total. The first kappa shape index (κ1) is 25.4. The summed E-state index contributed by atoms with van der Waals surface area (Å²) in [4.78, 5) is 21.9. The number of aliphatic hydroxyl groups excluding tert-OH is 1. The highest BCUT2D eigenvalue weighted by Gasteiger charge is 2.34. The van der Waals surface area contributed by atoms with Crippen molar-refractivity contribution in [3.63, 3.8) is 0 Å². The number of nitrogens with zero attached hydrogens (tertiary/aromatic N) is 3. The number of fused-ring (bicyclic) bond motifs is 1. The topological polar surface area (TPSA) is 56.7 Å². The van der Waals surface area contributed by atoms with E-state index in [0.29, 0.717) is 51.6 Å². The van der Waals surface area contributed by atoms with Crippen molar-refractivity contribution >= 4 is 40.0 Å². The highest BCUT2D eigenvalue weighted by molar-refractivity contribution is 6.42. The maximum absolute atomic E-state index is 13.8. The van der Waals surface area contributed by atoms with Crippen LogP contribution < -0.4 is 0 Å². The van der Waals surface area contributed by atoms with E-state index >= 15 is 0 Å². The molecular weight excluding hydrogens is 500 g/mol. The van der Waals surface area contributed by atoms with Gasteiger partial charge < -0.3 is 10.0 Å². The van der Waals surface area contributed by atoms with E-state index < -0.39 is 0 Å². The van der Waals surface area contributed by atoms with Crippen molar-refractivity contribution in [1.29, 1.82) is 0 Å². The Morgan fingerprint density at radius 3 is 2.56 bits per heavy atom. The minimum absolute atomic E-state index is 0.0694. The maximum atomic E-state index is 13.8. The quantitative estimate of drug-likeness (QED) is 0.476. The van der Waals surface area contributed by atoms with Gasteiger partial charge in [0.15, 0.2) is 0 Å². The summed E-state index contributed by atoms with van der Waals surface area (Å²) >= 11 is 12.3. The molecule has 2 aliphatic heterocycles. The summed E-state index contributed by atoms with van der Waals surface area (Å²) in [5.74, 6) is 0.153. The lowest BCUT2D eigenvalue weighted by Crippen LogP contribution is -2.52. The van der Waals surface area contributed by atoms with Crippen LogP contribution in [-0.4, -0.2) is 64.6 Å². The first-order valence-electron chi connectivity index (χ1n) is 12.6. The molecule has 190 valence electrons. The lowest BCUT2D eigenvalue weighted by molar-refractivity contribution is 0.0242. The predicted molar refractivity (Wildman–Crippen MR) is 141 cm³/mol. The zero-order valence-corrected chi connectivity index (χ0v) is 21.6. The molecule has 0 radical (unpaired) electrons. The molecule has 1 N–H and O–H groups in total. The van der Waals surface area contributed by atoms with Gasteiger partial charge in [-0.25, -0.2) is 4.39 Å². The fourth-order valence-corrected chi connectivity index (χ4v) is 6.12. The summed E-state index contributed by atoms with van der Waals surface area (Å²) in [5.41, 5.74) is 2.27. The van der Waals surface area contributed by atoms with E-state index in [-0.39, 0.29) is 24.2 Å². The highest BCUT2D eigenvalue weighted by Crippen LogP contribution is 2.32. The van der Waals surface area contributed by atoms with Crippen LogP contribution in [0.4, 0.5) is 4.39 Å². The van der Waals surface area contributed by atoms with Crippen molar-refractivity contribution in [2.45, 2.75) is 31.7 Å². The Bertz CT molecular complexity index is 1250. The summed E-state index contributed by atoms with van der Waals surface area (Å²) in [6.45, 7) is 3.32. The lowest BCUT2D eigenvalue weighted by Gasteiger charge is -2.44. The number of rotatable bonds is 5. The second-order valence-electron chi connectivity index (χ2n) is 9.98. The molecule has 36 heavy (non-hydrogen) atoms. The molecule has 2 atom stereocenters. The SMILES string of the molecule is O=C(c1ccnc2ccc(F)cc12)N1CCC(N2CC[C@H](Cc3ccc(Cl)c(Cl)c3)[C@H](CO)C2)CC1. The van der Waals surface area contributed by atoms with Gasteiger partial charge in [0.05, 0.1) is 21.1 Å². The summed E-state index contributed by atoms with van der Waals surface area (Å²) in [5, 5.41) is 11.8. The highest BCUT2D eigenvalue weighted by atomic mass is 35.5. The molecule has 3 aromatic rings. The van der Waals surface area contributed by atoms with Crippen LogP contribution in [0.2, 0.25) is 10.0 Å². The Labute approximate surface area is 220 Å². The first-order chi connectivity index (χ1) is 17.4.